The summed E-state index contributed by atoms with van der Waals surface area (Å²) in [6.07, 6.45) is 2.92. The van der Waals surface area contributed by atoms with Gasteiger partial charge in [-0.25, -0.2) is 4.79 Å². The number of hydrogen-bond donors (Lipinski definition) is 3. The van der Waals surface area contributed by atoms with E-state index in [4.69, 9.17) is 0 Å². The van der Waals surface area contributed by atoms with Crippen LogP contribution < -0.4 is 10.6 Å². The molecular weight excluding hydrogens is 286 g/mol. The van der Waals surface area contributed by atoms with E-state index < -0.39 is 16.6 Å². The van der Waals surface area contributed by atoms with Gasteiger partial charge in [-0.1, -0.05) is 26.7 Å². The van der Waals surface area contributed by atoms with Crippen LogP contribution in [-0.2, 0) is 0 Å². The third-order valence-electron chi connectivity index (χ3n) is 3.34. The minimum absolute atomic E-state index is 0.0359. The third-order valence-corrected chi connectivity index (χ3v) is 3.34. The zero-order chi connectivity index (χ0) is 16.6. The van der Waals surface area contributed by atoms with E-state index in [0.717, 1.165) is 12.8 Å². The highest BCUT2D eigenvalue weighted by atomic mass is 16.6. The first-order chi connectivity index (χ1) is 10.4. The molecule has 0 saturated heterocycles. The molecular formula is C15H23N3O4. The van der Waals surface area contributed by atoms with Crippen molar-refractivity contribution in [2.24, 2.45) is 0 Å². The average molecular weight is 309 g/mol. The minimum atomic E-state index is -0.893. The highest BCUT2D eigenvalue weighted by Gasteiger charge is 2.25. The van der Waals surface area contributed by atoms with E-state index in [1.807, 2.05) is 13.8 Å². The molecule has 22 heavy (non-hydrogen) atoms. The maximum absolute atomic E-state index is 11.8. The number of non-ortho nitro benzene ring substituents is 1. The van der Waals surface area contributed by atoms with E-state index in [0.29, 0.717) is 18.5 Å². The second-order valence-corrected chi connectivity index (χ2v) is 5.34. The molecule has 0 radical (unpaired) electrons. The summed E-state index contributed by atoms with van der Waals surface area (Å²) in [6, 6.07) is 5.11. The van der Waals surface area contributed by atoms with Crippen molar-refractivity contribution in [2.75, 3.05) is 11.9 Å². The number of nitrogens with one attached hydrogen (secondary N) is 2. The highest BCUT2D eigenvalue weighted by Crippen LogP contribution is 2.19. The van der Waals surface area contributed by atoms with Crippen molar-refractivity contribution < 1.29 is 14.8 Å². The Hall–Kier alpha value is -2.15. The molecule has 7 heteroatoms. The van der Waals surface area contributed by atoms with Crippen LogP contribution in [0.5, 0.6) is 0 Å². The number of rotatable bonds is 8. The predicted molar refractivity (Wildman–Crippen MR) is 84.9 cm³/mol. The van der Waals surface area contributed by atoms with E-state index in [2.05, 4.69) is 10.6 Å². The number of hydrogen-bond acceptors (Lipinski definition) is 4. The number of benzene rings is 1. The van der Waals surface area contributed by atoms with Crippen LogP contribution in [0.25, 0.3) is 0 Å². The van der Waals surface area contributed by atoms with Gasteiger partial charge in [0.1, 0.15) is 0 Å². The monoisotopic (exact) mass is 309 g/mol. The van der Waals surface area contributed by atoms with Crippen LogP contribution >= 0.6 is 0 Å². The number of amides is 2. The molecule has 0 bridgehead atoms. The third kappa shape index (κ3) is 5.69. The Labute approximate surface area is 129 Å². The Morgan fingerprint density at radius 1 is 1.23 bits per heavy atom. The molecule has 0 aliphatic rings. The number of carbonyl (C=O) groups is 1. The number of aliphatic hydroxyl groups is 1. The average Bonchev–Trinajstić information content (AvgIpc) is 2.46. The molecule has 0 saturated carbocycles. The molecule has 0 spiro atoms. The Morgan fingerprint density at radius 3 is 2.23 bits per heavy atom. The Balaban J connectivity index is 2.53. The molecule has 1 rings (SSSR count). The lowest BCUT2D eigenvalue weighted by Gasteiger charge is -2.27. The van der Waals surface area contributed by atoms with Crippen LogP contribution in [0.2, 0.25) is 0 Å². The highest BCUT2D eigenvalue weighted by molar-refractivity contribution is 5.89. The van der Waals surface area contributed by atoms with Gasteiger partial charge in [-0.15, -0.1) is 0 Å². The zero-order valence-electron chi connectivity index (χ0n) is 13.0. The summed E-state index contributed by atoms with van der Waals surface area (Å²) in [5.74, 6) is 0. The van der Waals surface area contributed by atoms with Gasteiger partial charge in [0.25, 0.3) is 5.69 Å². The van der Waals surface area contributed by atoms with Crippen molar-refractivity contribution in [3.63, 3.8) is 0 Å². The van der Waals surface area contributed by atoms with Crippen LogP contribution in [0, 0.1) is 10.1 Å². The maximum atomic E-state index is 11.8. The van der Waals surface area contributed by atoms with Gasteiger partial charge in [0.15, 0.2) is 0 Å². The standard InChI is InChI=1S/C15H23N3O4/c1-3-9-15(20,10-4-2)11-16-14(19)17-12-5-7-13(8-6-12)18(21)22/h5-8,20H,3-4,9-11H2,1-2H3,(H2,16,17,19). The summed E-state index contributed by atoms with van der Waals surface area (Å²) in [7, 11) is 0. The number of nitro benzene ring substituents is 1. The molecule has 0 fully saturated rings. The lowest BCUT2D eigenvalue weighted by molar-refractivity contribution is -0.384. The van der Waals surface area contributed by atoms with Crippen LogP contribution in [0.3, 0.4) is 0 Å². The van der Waals surface area contributed by atoms with Crippen LogP contribution in [0.15, 0.2) is 24.3 Å². The van der Waals surface area contributed by atoms with E-state index in [1.54, 1.807) is 0 Å². The van der Waals surface area contributed by atoms with Crippen molar-refractivity contribution in [3.05, 3.63) is 34.4 Å². The maximum Gasteiger partial charge on any atom is 0.319 e. The lowest BCUT2D eigenvalue weighted by atomic mass is 9.93. The first-order valence-corrected chi connectivity index (χ1v) is 7.42. The molecule has 0 unspecified atom stereocenters. The molecule has 0 aliphatic heterocycles. The molecule has 0 aromatic heterocycles. The van der Waals surface area contributed by atoms with E-state index in [-0.39, 0.29) is 12.2 Å². The number of carbonyl (C=O) groups excluding carboxylic acids is 1. The molecule has 0 heterocycles. The molecule has 3 N–H and O–H groups in total. The number of anilines is 1. The number of nitrogens with zero attached hydrogens (tertiary/aromatic N) is 1. The van der Waals surface area contributed by atoms with Gasteiger partial charge in [0.05, 0.1) is 10.5 Å². The zero-order valence-corrected chi connectivity index (χ0v) is 13.0. The molecule has 2 amide bonds. The van der Waals surface area contributed by atoms with Crippen molar-refractivity contribution >= 4 is 17.4 Å². The SMILES string of the molecule is CCCC(O)(CCC)CNC(=O)Nc1ccc([N+](=O)[O-])cc1. The smallest absolute Gasteiger partial charge is 0.319 e. The topological polar surface area (TPSA) is 104 Å². The van der Waals surface area contributed by atoms with Crippen LogP contribution in [0.1, 0.15) is 39.5 Å². The first kappa shape index (κ1) is 17.9. The van der Waals surface area contributed by atoms with E-state index in [1.165, 1.54) is 24.3 Å². The summed E-state index contributed by atoms with van der Waals surface area (Å²) >= 11 is 0. The van der Waals surface area contributed by atoms with Crippen LogP contribution in [0.4, 0.5) is 16.2 Å². The largest absolute Gasteiger partial charge is 0.388 e. The lowest BCUT2D eigenvalue weighted by Crippen LogP contribution is -2.44. The molecule has 7 nitrogen and oxygen atoms in total. The van der Waals surface area contributed by atoms with E-state index >= 15 is 0 Å². The molecule has 1 aromatic rings. The summed E-state index contributed by atoms with van der Waals surface area (Å²) in [5.41, 5.74) is -0.472. The Morgan fingerprint density at radius 2 is 1.77 bits per heavy atom. The van der Waals surface area contributed by atoms with Gasteiger partial charge in [-0.05, 0) is 25.0 Å². The second kappa shape index (κ2) is 8.33. The summed E-state index contributed by atoms with van der Waals surface area (Å²) in [5, 5.41) is 26.2. The normalized spacial score (nSPS) is 11.0. The van der Waals surface area contributed by atoms with Crippen LogP contribution in [-0.4, -0.2) is 28.2 Å². The predicted octanol–water partition coefficient (Wildman–Crippen LogP) is 3.05. The summed E-state index contributed by atoms with van der Waals surface area (Å²) in [6.45, 7) is 4.14. The Kier molecular flexibility index (Phi) is 6.78. The fraction of sp³-hybridized carbons (Fsp3) is 0.533. The molecule has 0 atom stereocenters. The minimum Gasteiger partial charge on any atom is -0.388 e. The van der Waals surface area contributed by atoms with Crippen molar-refractivity contribution in [2.45, 2.75) is 45.1 Å². The Bertz CT molecular complexity index is 496. The molecule has 1 aromatic carbocycles. The first-order valence-electron chi connectivity index (χ1n) is 7.42. The fourth-order valence-corrected chi connectivity index (χ4v) is 2.32. The number of nitro groups is 1. The van der Waals surface area contributed by atoms with Gasteiger partial charge < -0.3 is 15.7 Å². The van der Waals surface area contributed by atoms with Gasteiger partial charge in [-0.2, -0.15) is 0 Å². The van der Waals surface area contributed by atoms with Gasteiger partial charge in [0, 0.05) is 24.4 Å². The second-order valence-electron chi connectivity index (χ2n) is 5.34. The van der Waals surface area contributed by atoms with E-state index in [9.17, 15) is 20.0 Å². The molecule has 0 aliphatic carbocycles. The quantitative estimate of drug-likeness (QED) is 0.507. The van der Waals surface area contributed by atoms with Gasteiger partial charge in [-0.3, -0.25) is 10.1 Å². The summed E-state index contributed by atoms with van der Waals surface area (Å²) < 4.78 is 0. The summed E-state index contributed by atoms with van der Waals surface area (Å²) in [4.78, 5) is 21.9. The molecule has 122 valence electrons. The van der Waals surface area contributed by atoms with Gasteiger partial charge >= 0.3 is 6.03 Å². The van der Waals surface area contributed by atoms with Crippen molar-refractivity contribution in [1.29, 1.82) is 0 Å². The van der Waals surface area contributed by atoms with Gasteiger partial charge in [0.2, 0.25) is 0 Å². The van der Waals surface area contributed by atoms with Crippen molar-refractivity contribution in [3.8, 4) is 0 Å². The fourth-order valence-electron chi connectivity index (χ4n) is 2.32. The van der Waals surface area contributed by atoms with Crippen molar-refractivity contribution in [1.82, 2.24) is 5.32 Å². The number of urea groups is 1.